The highest BCUT2D eigenvalue weighted by Crippen LogP contribution is 2.25. The Kier molecular flexibility index (Phi) is 4.54. The monoisotopic (exact) mass is 268 g/mol. The summed E-state index contributed by atoms with van der Waals surface area (Å²) in [7, 11) is 0. The number of halogens is 1. The average molecular weight is 269 g/mol. The first-order chi connectivity index (χ1) is 7.54. The maximum atomic E-state index is 4.47. The molecular formula is C13H17ClN2S. The van der Waals surface area contributed by atoms with E-state index in [9.17, 15) is 0 Å². The van der Waals surface area contributed by atoms with E-state index in [0.717, 1.165) is 16.5 Å². The predicted octanol–water partition coefficient (Wildman–Crippen LogP) is 4.54. The molecule has 1 N–H and O–H groups in total. The zero-order valence-electron chi connectivity index (χ0n) is 10.5. The van der Waals surface area contributed by atoms with Crippen molar-refractivity contribution in [2.45, 2.75) is 27.7 Å². The topological polar surface area (TPSA) is 24.9 Å². The molecule has 92 valence electrons. The standard InChI is InChI=1S/C13H16N2S.ClH/c1-8-5-9(2)7-12(6-8)15-13-14-10(3)11(4)16-13;/h5-7H,1-4H3,(H,14,15);1H. The third kappa shape index (κ3) is 3.45. The summed E-state index contributed by atoms with van der Waals surface area (Å²) in [6.07, 6.45) is 0. The minimum atomic E-state index is 0. The van der Waals surface area contributed by atoms with Gasteiger partial charge in [0.2, 0.25) is 0 Å². The summed E-state index contributed by atoms with van der Waals surface area (Å²) >= 11 is 1.70. The minimum Gasteiger partial charge on any atom is -0.332 e. The molecule has 0 saturated heterocycles. The lowest BCUT2D eigenvalue weighted by molar-refractivity contribution is 1.23. The van der Waals surface area contributed by atoms with Crippen molar-refractivity contribution >= 4 is 34.6 Å². The number of hydrogen-bond acceptors (Lipinski definition) is 3. The van der Waals surface area contributed by atoms with Crippen LogP contribution in [0.4, 0.5) is 10.8 Å². The molecule has 0 amide bonds. The molecule has 0 saturated carbocycles. The summed E-state index contributed by atoms with van der Waals surface area (Å²) in [5, 5.41) is 4.33. The van der Waals surface area contributed by atoms with Gasteiger partial charge < -0.3 is 5.32 Å². The number of nitrogens with zero attached hydrogens (tertiary/aromatic N) is 1. The van der Waals surface area contributed by atoms with Crippen LogP contribution in [0.15, 0.2) is 18.2 Å². The van der Waals surface area contributed by atoms with Crippen molar-refractivity contribution in [1.29, 1.82) is 0 Å². The van der Waals surface area contributed by atoms with E-state index >= 15 is 0 Å². The maximum absolute atomic E-state index is 4.47. The lowest BCUT2D eigenvalue weighted by Gasteiger charge is -2.05. The first-order valence-corrected chi connectivity index (χ1v) is 6.15. The zero-order valence-corrected chi connectivity index (χ0v) is 12.1. The van der Waals surface area contributed by atoms with Crippen molar-refractivity contribution in [2.24, 2.45) is 0 Å². The Morgan fingerprint density at radius 1 is 1.00 bits per heavy atom. The molecule has 0 bridgehead atoms. The van der Waals surface area contributed by atoms with Crippen LogP contribution in [0.1, 0.15) is 21.7 Å². The van der Waals surface area contributed by atoms with Gasteiger partial charge in [0.25, 0.3) is 0 Å². The number of aryl methyl sites for hydroxylation is 4. The molecular weight excluding hydrogens is 252 g/mol. The molecule has 4 heteroatoms. The first-order valence-electron chi connectivity index (χ1n) is 5.34. The highest BCUT2D eigenvalue weighted by atomic mass is 35.5. The van der Waals surface area contributed by atoms with Crippen LogP contribution in [0.5, 0.6) is 0 Å². The van der Waals surface area contributed by atoms with Crippen molar-refractivity contribution in [3.8, 4) is 0 Å². The van der Waals surface area contributed by atoms with E-state index in [4.69, 9.17) is 0 Å². The Bertz CT molecular complexity index is 480. The SMILES string of the molecule is Cc1cc(C)cc(Nc2nc(C)c(C)s2)c1.Cl. The molecule has 2 rings (SSSR count). The normalized spacial score (nSPS) is 9.88. The molecule has 2 nitrogen and oxygen atoms in total. The molecule has 1 aromatic carbocycles. The van der Waals surface area contributed by atoms with Crippen molar-refractivity contribution in [1.82, 2.24) is 4.98 Å². The van der Waals surface area contributed by atoms with Gasteiger partial charge in [-0.25, -0.2) is 4.98 Å². The Morgan fingerprint density at radius 2 is 1.59 bits per heavy atom. The lowest BCUT2D eigenvalue weighted by atomic mass is 10.1. The summed E-state index contributed by atoms with van der Waals surface area (Å²) in [5.41, 5.74) is 4.77. The van der Waals surface area contributed by atoms with Crippen LogP contribution in [0.3, 0.4) is 0 Å². The van der Waals surface area contributed by atoms with Crippen LogP contribution in [0.2, 0.25) is 0 Å². The summed E-state index contributed by atoms with van der Waals surface area (Å²) in [5.74, 6) is 0. The Morgan fingerprint density at radius 3 is 2.06 bits per heavy atom. The van der Waals surface area contributed by atoms with Crippen LogP contribution in [0.25, 0.3) is 0 Å². The molecule has 0 spiro atoms. The van der Waals surface area contributed by atoms with Gasteiger partial charge in [-0.05, 0) is 51.0 Å². The second-order valence-electron chi connectivity index (χ2n) is 4.16. The van der Waals surface area contributed by atoms with Crippen LogP contribution < -0.4 is 5.32 Å². The maximum Gasteiger partial charge on any atom is 0.187 e. The van der Waals surface area contributed by atoms with Crippen molar-refractivity contribution < 1.29 is 0 Å². The first kappa shape index (κ1) is 14.0. The van der Waals surface area contributed by atoms with Gasteiger partial charge >= 0.3 is 0 Å². The van der Waals surface area contributed by atoms with E-state index in [1.807, 2.05) is 6.92 Å². The van der Waals surface area contributed by atoms with Crippen LogP contribution in [-0.4, -0.2) is 4.98 Å². The average Bonchev–Trinajstić information content (AvgIpc) is 2.43. The van der Waals surface area contributed by atoms with Crippen LogP contribution in [-0.2, 0) is 0 Å². The number of anilines is 2. The van der Waals surface area contributed by atoms with E-state index < -0.39 is 0 Å². The molecule has 0 aliphatic rings. The fourth-order valence-corrected chi connectivity index (χ4v) is 2.53. The molecule has 1 aromatic heterocycles. The van der Waals surface area contributed by atoms with Gasteiger partial charge in [-0.15, -0.1) is 23.7 Å². The number of benzene rings is 1. The third-order valence-electron chi connectivity index (χ3n) is 2.50. The third-order valence-corrected chi connectivity index (χ3v) is 3.49. The van der Waals surface area contributed by atoms with Crippen molar-refractivity contribution in [2.75, 3.05) is 5.32 Å². The second-order valence-corrected chi connectivity index (χ2v) is 5.37. The second kappa shape index (κ2) is 5.52. The number of rotatable bonds is 2. The van der Waals surface area contributed by atoms with Crippen LogP contribution >= 0.6 is 23.7 Å². The minimum absolute atomic E-state index is 0. The van der Waals surface area contributed by atoms with E-state index in [-0.39, 0.29) is 12.4 Å². The summed E-state index contributed by atoms with van der Waals surface area (Å²) in [6.45, 7) is 8.35. The molecule has 0 aliphatic carbocycles. The molecule has 17 heavy (non-hydrogen) atoms. The zero-order chi connectivity index (χ0) is 11.7. The fraction of sp³-hybridized carbons (Fsp3) is 0.308. The highest BCUT2D eigenvalue weighted by molar-refractivity contribution is 7.15. The highest BCUT2D eigenvalue weighted by Gasteiger charge is 2.04. The van der Waals surface area contributed by atoms with Gasteiger partial charge in [-0.1, -0.05) is 6.07 Å². The smallest absolute Gasteiger partial charge is 0.187 e. The van der Waals surface area contributed by atoms with Gasteiger partial charge in [-0.3, -0.25) is 0 Å². The van der Waals surface area contributed by atoms with Crippen LogP contribution in [0, 0.1) is 27.7 Å². The van der Waals surface area contributed by atoms with Gasteiger partial charge in [0.15, 0.2) is 5.13 Å². The molecule has 0 atom stereocenters. The largest absolute Gasteiger partial charge is 0.332 e. The lowest BCUT2D eigenvalue weighted by Crippen LogP contribution is -1.91. The van der Waals surface area contributed by atoms with Crippen molar-refractivity contribution in [3.05, 3.63) is 39.9 Å². The van der Waals surface area contributed by atoms with Crippen molar-refractivity contribution in [3.63, 3.8) is 0 Å². The van der Waals surface area contributed by atoms with Gasteiger partial charge in [0.1, 0.15) is 0 Å². The molecule has 1 heterocycles. The number of nitrogens with one attached hydrogen (secondary N) is 1. The molecule has 0 aliphatic heterocycles. The van der Waals surface area contributed by atoms with Gasteiger partial charge in [0, 0.05) is 10.6 Å². The molecule has 0 unspecified atom stereocenters. The summed E-state index contributed by atoms with van der Waals surface area (Å²) in [4.78, 5) is 5.74. The van der Waals surface area contributed by atoms with Gasteiger partial charge in [-0.2, -0.15) is 0 Å². The van der Waals surface area contributed by atoms with E-state index in [1.54, 1.807) is 11.3 Å². The molecule has 2 aromatic rings. The predicted molar refractivity (Wildman–Crippen MR) is 78.0 cm³/mol. The van der Waals surface area contributed by atoms with E-state index in [0.29, 0.717) is 0 Å². The number of aromatic nitrogens is 1. The summed E-state index contributed by atoms with van der Waals surface area (Å²) < 4.78 is 0. The molecule has 0 radical (unpaired) electrons. The van der Waals surface area contributed by atoms with Gasteiger partial charge in [0.05, 0.1) is 5.69 Å². The van der Waals surface area contributed by atoms with E-state index in [2.05, 4.69) is 49.3 Å². The Labute approximate surface area is 113 Å². The Balaban J connectivity index is 0.00000144. The van der Waals surface area contributed by atoms with E-state index in [1.165, 1.54) is 16.0 Å². The number of hydrogen-bond donors (Lipinski definition) is 1. The fourth-order valence-electron chi connectivity index (χ4n) is 1.70. The number of thiazole rings is 1. The Hall–Kier alpha value is -1.06. The summed E-state index contributed by atoms with van der Waals surface area (Å²) in [6, 6.07) is 6.45. The molecule has 0 fully saturated rings. The quantitative estimate of drug-likeness (QED) is 0.865.